The van der Waals surface area contributed by atoms with Crippen molar-refractivity contribution in [3.05, 3.63) is 35.9 Å². The number of likely N-dealkylation sites (N-methyl/N-ethyl adjacent to an activating group) is 1. The van der Waals surface area contributed by atoms with Gasteiger partial charge in [0.2, 0.25) is 5.88 Å². The van der Waals surface area contributed by atoms with Gasteiger partial charge in [-0.1, -0.05) is 0 Å². The molecule has 5 rings (SSSR count). The fourth-order valence-electron chi connectivity index (χ4n) is 4.65. The molecule has 1 amide bonds. The molecule has 4 heterocycles. The van der Waals surface area contributed by atoms with E-state index in [1.165, 1.54) is 11.1 Å². The summed E-state index contributed by atoms with van der Waals surface area (Å²) in [5.74, 6) is 0.120. The summed E-state index contributed by atoms with van der Waals surface area (Å²) in [6.45, 7) is 4.99. The molecule has 1 saturated heterocycles. The number of aromatic nitrogens is 2. The second-order valence-electron chi connectivity index (χ2n) is 8.81. The number of ether oxygens (including phenoxy) is 2. The number of anilines is 3. The Morgan fingerprint density at radius 1 is 1.29 bits per heavy atom. The van der Waals surface area contributed by atoms with Crippen LogP contribution in [0.25, 0.3) is 21.9 Å². The van der Waals surface area contributed by atoms with Crippen LogP contribution >= 0.6 is 0 Å². The van der Waals surface area contributed by atoms with Crippen molar-refractivity contribution < 1.29 is 23.8 Å². The molecule has 1 aromatic carbocycles. The van der Waals surface area contributed by atoms with Gasteiger partial charge in [0.25, 0.3) is 0 Å². The van der Waals surface area contributed by atoms with Crippen molar-refractivity contribution in [3.8, 4) is 17.0 Å². The number of nitrogens with zero attached hydrogens (tertiary/aromatic N) is 4. The average molecular weight is 483 g/mol. The lowest BCUT2D eigenvalue weighted by molar-refractivity contribution is 0.133. The highest BCUT2D eigenvalue weighted by molar-refractivity contribution is 5.99. The maximum absolute atomic E-state index is 15.4. The van der Waals surface area contributed by atoms with E-state index >= 15 is 4.39 Å². The minimum atomic E-state index is -1.14. The third-order valence-corrected chi connectivity index (χ3v) is 6.49. The first-order valence-corrected chi connectivity index (χ1v) is 11.4. The first-order valence-electron chi connectivity index (χ1n) is 11.4. The lowest BCUT2D eigenvalue weighted by Crippen LogP contribution is -2.47. The van der Waals surface area contributed by atoms with Crippen LogP contribution in [0, 0.1) is 12.7 Å². The summed E-state index contributed by atoms with van der Waals surface area (Å²) in [6.07, 6.45) is 1.84. The molecule has 1 fully saturated rings. The van der Waals surface area contributed by atoms with E-state index in [0.717, 1.165) is 11.3 Å². The van der Waals surface area contributed by atoms with Crippen LogP contribution in [-0.2, 0) is 4.74 Å². The van der Waals surface area contributed by atoms with Gasteiger partial charge in [0.05, 0.1) is 24.9 Å². The summed E-state index contributed by atoms with van der Waals surface area (Å²) >= 11 is 0. The van der Waals surface area contributed by atoms with Crippen LogP contribution < -0.4 is 20.7 Å². The third kappa shape index (κ3) is 4.17. The van der Waals surface area contributed by atoms with Gasteiger partial charge in [-0.05, 0) is 37.1 Å². The summed E-state index contributed by atoms with van der Waals surface area (Å²) in [5.41, 5.74) is 8.47. The number of carbonyl (C=O) groups is 1. The van der Waals surface area contributed by atoms with Gasteiger partial charge in [0.15, 0.2) is 5.82 Å². The number of pyridine rings is 2. The molecule has 0 aliphatic carbocycles. The molecule has 11 heteroatoms. The lowest BCUT2D eigenvalue weighted by atomic mass is 9.97. The zero-order valence-electron chi connectivity index (χ0n) is 19.5. The van der Waals surface area contributed by atoms with Gasteiger partial charge in [-0.25, -0.2) is 19.2 Å². The minimum absolute atomic E-state index is 0.0581. The fourth-order valence-corrected chi connectivity index (χ4v) is 4.65. The van der Waals surface area contributed by atoms with Gasteiger partial charge in [0, 0.05) is 48.5 Å². The van der Waals surface area contributed by atoms with E-state index in [2.05, 4.69) is 15.3 Å². The Kier molecular flexibility index (Phi) is 6.03. The molecule has 4 N–H and O–H groups in total. The van der Waals surface area contributed by atoms with Gasteiger partial charge in [0.1, 0.15) is 18.1 Å². The standard InChI is InChI=1S/C24H27FN6O4/c1-13-17(9-29-23-22(13)27-3-5-35-23)16-7-14-8-19(28-10-18(14)21(26)20(16)25)31(24(32)33)15-11-30(2)4-6-34-12-15/h7-10,15,27H,3-6,11-12,26H2,1-2H3,(H,32,33)/t15-/m0/s1. The third-order valence-electron chi connectivity index (χ3n) is 6.49. The normalized spacial score (nSPS) is 18.3. The summed E-state index contributed by atoms with van der Waals surface area (Å²) in [7, 11) is 1.92. The molecule has 0 saturated carbocycles. The number of benzene rings is 1. The summed E-state index contributed by atoms with van der Waals surface area (Å²) in [5, 5.41) is 14.2. The number of fused-ring (bicyclic) bond motifs is 2. The maximum Gasteiger partial charge on any atom is 0.413 e. The van der Waals surface area contributed by atoms with Gasteiger partial charge in [-0.3, -0.25) is 4.90 Å². The highest BCUT2D eigenvalue weighted by Gasteiger charge is 2.30. The number of carboxylic acid groups (broad SMARTS) is 1. The SMILES string of the molecule is Cc1c(-c2cc3cc(N(C(=O)O)[C@@H]4COCCN(C)C4)ncc3c(N)c2F)cnc2c1NCCO2. The molecule has 10 nitrogen and oxygen atoms in total. The molecular formula is C24H27FN6O4. The monoisotopic (exact) mass is 482 g/mol. The Morgan fingerprint density at radius 2 is 2.11 bits per heavy atom. The predicted molar refractivity (Wildman–Crippen MR) is 131 cm³/mol. The van der Waals surface area contributed by atoms with E-state index in [1.807, 2.05) is 18.9 Å². The number of rotatable bonds is 3. The second-order valence-corrected chi connectivity index (χ2v) is 8.81. The van der Waals surface area contributed by atoms with Crippen LogP contribution in [0.4, 0.5) is 26.4 Å². The molecule has 0 spiro atoms. The Morgan fingerprint density at radius 3 is 2.91 bits per heavy atom. The number of nitrogen functional groups attached to an aromatic ring is 1. The van der Waals surface area contributed by atoms with Gasteiger partial charge >= 0.3 is 6.09 Å². The molecule has 0 radical (unpaired) electrons. The van der Waals surface area contributed by atoms with Crippen molar-refractivity contribution in [1.82, 2.24) is 14.9 Å². The van der Waals surface area contributed by atoms with Crippen molar-refractivity contribution in [1.29, 1.82) is 0 Å². The number of nitrogens with one attached hydrogen (secondary N) is 1. The topological polar surface area (TPSA) is 126 Å². The number of hydrogen-bond acceptors (Lipinski definition) is 8. The molecule has 0 unspecified atom stereocenters. The number of halogens is 1. The second kappa shape index (κ2) is 9.16. The highest BCUT2D eigenvalue weighted by atomic mass is 19.1. The van der Waals surface area contributed by atoms with Crippen LogP contribution in [0.15, 0.2) is 24.5 Å². The molecule has 184 valence electrons. The average Bonchev–Trinajstić information content (AvgIpc) is 3.06. The summed E-state index contributed by atoms with van der Waals surface area (Å²) in [4.78, 5) is 24.1. The predicted octanol–water partition coefficient (Wildman–Crippen LogP) is 2.95. The number of amides is 1. The summed E-state index contributed by atoms with van der Waals surface area (Å²) in [6, 6.07) is 2.83. The van der Waals surface area contributed by atoms with Crippen LogP contribution in [0.3, 0.4) is 0 Å². The molecule has 2 aliphatic heterocycles. The minimum Gasteiger partial charge on any atom is -0.474 e. The van der Waals surface area contributed by atoms with E-state index in [0.29, 0.717) is 55.1 Å². The van der Waals surface area contributed by atoms with Crippen molar-refractivity contribution in [2.75, 3.05) is 62.5 Å². The Balaban J connectivity index is 1.61. The Bertz CT molecular complexity index is 1300. The highest BCUT2D eigenvalue weighted by Crippen LogP contribution is 2.40. The Hall–Kier alpha value is -3.70. The zero-order chi connectivity index (χ0) is 24.7. The van der Waals surface area contributed by atoms with Crippen LogP contribution in [-0.4, -0.2) is 78.6 Å². The number of hydrogen-bond donors (Lipinski definition) is 3. The van der Waals surface area contributed by atoms with E-state index in [-0.39, 0.29) is 23.7 Å². The Labute approximate surface area is 201 Å². The molecular weight excluding hydrogens is 455 g/mol. The molecule has 3 aromatic rings. The van der Waals surface area contributed by atoms with E-state index < -0.39 is 18.0 Å². The molecule has 0 bridgehead atoms. The largest absolute Gasteiger partial charge is 0.474 e. The van der Waals surface area contributed by atoms with E-state index in [1.54, 1.807) is 18.3 Å². The van der Waals surface area contributed by atoms with Crippen molar-refractivity contribution >= 4 is 34.1 Å². The fraction of sp³-hybridized carbons (Fsp3) is 0.375. The molecule has 35 heavy (non-hydrogen) atoms. The first kappa shape index (κ1) is 23.1. The van der Waals surface area contributed by atoms with Crippen LogP contribution in [0.5, 0.6) is 5.88 Å². The first-order chi connectivity index (χ1) is 16.8. The van der Waals surface area contributed by atoms with Gasteiger partial charge < -0.3 is 30.5 Å². The van der Waals surface area contributed by atoms with Crippen LogP contribution in [0.1, 0.15) is 5.56 Å². The maximum atomic E-state index is 15.4. The summed E-state index contributed by atoms with van der Waals surface area (Å²) < 4.78 is 26.6. The zero-order valence-corrected chi connectivity index (χ0v) is 19.5. The quantitative estimate of drug-likeness (QED) is 0.483. The van der Waals surface area contributed by atoms with E-state index in [9.17, 15) is 9.90 Å². The van der Waals surface area contributed by atoms with Gasteiger partial charge in [-0.15, -0.1) is 0 Å². The number of nitrogens with two attached hydrogens (primary N) is 1. The van der Waals surface area contributed by atoms with E-state index in [4.69, 9.17) is 15.2 Å². The van der Waals surface area contributed by atoms with Crippen molar-refractivity contribution in [2.45, 2.75) is 13.0 Å². The molecule has 2 aromatic heterocycles. The smallest absolute Gasteiger partial charge is 0.413 e. The molecule has 1 atom stereocenters. The van der Waals surface area contributed by atoms with Gasteiger partial charge in [-0.2, -0.15) is 0 Å². The van der Waals surface area contributed by atoms with Crippen molar-refractivity contribution in [2.24, 2.45) is 0 Å². The van der Waals surface area contributed by atoms with Crippen molar-refractivity contribution in [3.63, 3.8) is 0 Å². The molecule has 2 aliphatic rings. The van der Waals surface area contributed by atoms with Crippen LogP contribution in [0.2, 0.25) is 0 Å². The lowest BCUT2D eigenvalue weighted by Gasteiger charge is -2.29.